The Hall–Kier alpha value is -1.51. The summed E-state index contributed by atoms with van der Waals surface area (Å²) in [5.41, 5.74) is 1.79. The molecule has 0 radical (unpaired) electrons. The van der Waals surface area contributed by atoms with Crippen LogP contribution < -0.4 is 5.32 Å². The fraction of sp³-hybridized carbons (Fsp3) is 0.533. The summed E-state index contributed by atoms with van der Waals surface area (Å²) in [4.78, 5) is 13.3. The molecule has 0 spiro atoms. The summed E-state index contributed by atoms with van der Waals surface area (Å²) in [6.45, 7) is 6.62. The van der Waals surface area contributed by atoms with Gasteiger partial charge in [-0.1, -0.05) is 20.3 Å². The first-order valence-corrected chi connectivity index (χ1v) is 6.54. The predicted octanol–water partition coefficient (Wildman–Crippen LogP) is 3.23. The number of carbonyl (C=O) groups excluding carboxylic acids is 1. The van der Waals surface area contributed by atoms with Crippen LogP contribution in [0.3, 0.4) is 0 Å². The Balaban J connectivity index is 2.69. The SMILES string of the molecule is CCC(C)C(C)Nc1ccc(C(=O)N(C)C)cc1. The highest BCUT2D eigenvalue weighted by molar-refractivity contribution is 5.94. The van der Waals surface area contributed by atoms with E-state index in [0.717, 1.165) is 17.7 Å². The van der Waals surface area contributed by atoms with Gasteiger partial charge in [0.2, 0.25) is 0 Å². The quantitative estimate of drug-likeness (QED) is 0.867. The molecule has 18 heavy (non-hydrogen) atoms. The average molecular weight is 248 g/mol. The number of hydrogen-bond acceptors (Lipinski definition) is 2. The molecule has 2 atom stereocenters. The molecule has 0 heterocycles. The van der Waals surface area contributed by atoms with Gasteiger partial charge in [0.05, 0.1) is 0 Å². The molecule has 0 aliphatic carbocycles. The normalized spacial score (nSPS) is 13.8. The van der Waals surface area contributed by atoms with Gasteiger partial charge in [-0.05, 0) is 37.1 Å². The molecule has 1 N–H and O–H groups in total. The molecule has 0 aromatic heterocycles. The third-order valence-electron chi connectivity index (χ3n) is 3.43. The first kappa shape index (κ1) is 14.6. The largest absolute Gasteiger partial charge is 0.382 e. The first-order valence-electron chi connectivity index (χ1n) is 6.54. The second-order valence-electron chi connectivity index (χ2n) is 5.10. The fourth-order valence-corrected chi connectivity index (χ4v) is 1.73. The van der Waals surface area contributed by atoms with Crippen molar-refractivity contribution in [1.82, 2.24) is 4.90 Å². The lowest BCUT2D eigenvalue weighted by molar-refractivity contribution is 0.0827. The summed E-state index contributed by atoms with van der Waals surface area (Å²) < 4.78 is 0. The third-order valence-corrected chi connectivity index (χ3v) is 3.43. The van der Waals surface area contributed by atoms with Gasteiger partial charge in [0, 0.05) is 31.4 Å². The van der Waals surface area contributed by atoms with Crippen molar-refractivity contribution in [1.29, 1.82) is 0 Å². The number of benzene rings is 1. The van der Waals surface area contributed by atoms with Crippen LogP contribution in [-0.2, 0) is 0 Å². The standard InChI is InChI=1S/C15H24N2O/c1-6-11(2)12(3)16-14-9-7-13(8-10-14)15(18)17(4)5/h7-12,16H,6H2,1-5H3. The van der Waals surface area contributed by atoms with E-state index in [4.69, 9.17) is 0 Å². The maximum atomic E-state index is 11.7. The molecular weight excluding hydrogens is 224 g/mol. The average Bonchev–Trinajstić information content (AvgIpc) is 2.37. The van der Waals surface area contributed by atoms with Gasteiger partial charge in [-0.2, -0.15) is 0 Å². The molecule has 1 aromatic carbocycles. The zero-order valence-electron chi connectivity index (χ0n) is 12.0. The topological polar surface area (TPSA) is 32.3 Å². The van der Waals surface area contributed by atoms with Crippen LogP contribution in [-0.4, -0.2) is 30.9 Å². The fourth-order valence-electron chi connectivity index (χ4n) is 1.73. The molecule has 0 fully saturated rings. The van der Waals surface area contributed by atoms with Crippen molar-refractivity contribution in [3.63, 3.8) is 0 Å². The number of nitrogens with zero attached hydrogens (tertiary/aromatic N) is 1. The number of rotatable bonds is 5. The molecule has 3 nitrogen and oxygen atoms in total. The number of carbonyl (C=O) groups is 1. The molecule has 1 rings (SSSR count). The highest BCUT2D eigenvalue weighted by atomic mass is 16.2. The number of anilines is 1. The highest BCUT2D eigenvalue weighted by Crippen LogP contribution is 2.16. The number of hydrogen-bond donors (Lipinski definition) is 1. The molecule has 0 bridgehead atoms. The maximum Gasteiger partial charge on any atom is 0.253 e. The maximum absolute atomic E-state index is 11.7. The molecule has 1 aromatic rings. The molecule has 100 valence electrons. The van der Waals surface area contributed by atoms with E-state index in [1.807, 2.05) is 24.3 Å². The van der Waals surface area contributed by atoms with Crippen LogP contribution in [0.1, 0.15) is 37.6 Å². The second-order valence-corrected chi connectivity index (χ2v) is 5.10. The Bertz CT molecular complexity index is 384. The van der Waals surface area contributed by atoms with Crippen LogP contribution in [0.2, 0.25) is 0 Å². The van der Waals surface area contributed by atoms with Gasteiger partial charge in [-0.25, -0.2) is 0 Å². The van der Waals surface area contributed by atoms with Crippen LogP contribution in [0.15, 0.2) is 24.3 Å². The van der Waals surface area contributed by atoms with E-state index in [1.54, 1.807) is 19.0 Å². The zero-order valence-corrected chi connectivity index (χ0v) is 12.0. The van der Waals surface area contributed by atoms with Gasteiger partial charge < -0.3 is 10.2 Å². The summed E-state index contributed by atoms with van der Waals surface area (Å²) in [6.07, 6.45) is 1.16. The van der Waals surface area contributed by atoms with Crippen molar-refractivity contribution in [2.45, 2.75) is 33.2 Å². The van der Waals surface area contributed by atoms with Gasteiger partial charge in [0.25, 0.3) is 5.91 Å². The summed E-state index contributed by atoms with van der Waals surface area (Å²) in [6, 6.07) is 8.11. The molecule has 0 aliphatic heterocycles. The predicted molar refractivity (Wildman–Crippen MR) is 77.0 cm³/mol. The van der Waals surface area contributed by atoms with E-state index in [2.05, 4.69) is 26.1 Å². The van der Waals surface area contributed by atoms with Gasteiger partial charge in [0.15, 0.2) is 0 Å². The van der Waals surface area contributed by atoms with E-state index in [-0.39, 0.29) is 5.91 Å². The Labute approximate surface area is 110 Å². The third kappa shape index (κ3) is 3.76. The summed E-state index contributed by atoms with van der Waals surface area (Å²) >= 11 is 0. The molecule has 0 saturated carbocycles. The molecule has 2 unspecified atom stereocenters. The van der Waals surface area contributed by atoms with E-state index in [0.29, 0.717) is 12.0 Å². The van der Waals surface area contributed by atoms with E-state index in [1.165, 1.54) is 0 Å². The lowest BCUT2D eigenvalue weighted by atomic mass is 10.0. The van der Waals surface area contributed by atoms with Gasteiger partial charge in [-0.3, -0.25) is 4.79 Å². The highest BCUT2D eigenvalue weighted by Gasteiger charge is 2.11. The summed E-state index contributed by atoms with van der Waals surface area (Å²) in [5, 5.41) is 3.46. The van der Waals surface area contributed by atoms with Crippen LogP contribution >= 0.6 is 0 Å². The molecule has 1 amide bonds. The van der Waals surface area contributed by atoms with Crippen molar-refractivity contribution in [2.75, 3.05) is 19.4 Å². The minimum Gasteiger partial charge on any atom is -0.382 e. The van der Waals surface area contributed by atoms with E-state index >= 15 is 0 Å². The van der Waals surface area contributed by atoms with Crippen molar-refractivity contribution in [2.24, 2.45) is 5.92 Å². The number of nitrogens with one attached hydrogen (secondary N) is 1. The van der Waals surface area contributed by atoms with Crippen LogP contribution in [0, 0.1) is 5.92 Å². The van der Waals surface area contributed by atoms with E-state index in [9.17, 15) is 4.79 Å². The molecule has 3 heteroatoms. The van der Waals surface area contributed by atoms with Gasteiger partial charge >= 0.3 is 0 Å². The Morgan fingerprint density at radius 1 is 1.22 bits per heavy atom. The smallest absolute Gasteiger partial charge is 0.253 e. The minimum absolute atomic E-state index is 0.0384. The first-order chi connectivity index (χ1) is 8.45. The Kier molecular flexibility index (Phi) is 5.20. The molecular formula is C15H24N2O. The lowest BCUT2D eigenvalue weighted by Gasteiger charge is -2.21. The van der Waals surface area contributed by atoms with Crippen LogP contribution in [0.4, 0.5) is 5.69 Å². The van der Waals surface area contributed by atoms with Crippen molar-refractivity contribution < 1.29 is 4.79 Å². The van der Waals surface area contributed by atoms with Crippen molar-refractivity contribution in [3.05, 3.63) is 29.8 Å². The molecule has 0 aliphatic rings. The minimum atomic E-state index is 0.0384. The monoisotopic (exact) mass is 248 g/mol. The zero-order chi connectivity index (χ0) is 13.7. The van der Waals surface area contributed by atoms with Gasteiger partial charge in [-0.15, -0.1) is 0 Å². The van der Waals surface area contributed by atoms with Crippen LogP contribution in [0.25, 0.3) is 0 Å². The number of amides is 1. The Morgan fingerprint density at radius 3 is 2.22 bits per heavy atom. The van der Waals surface area contributed by atoms with Gasteiger partial charge in [0.1, 0.15) is 0 Å². The van der Waals surface area contributed by atoms with Crippen molar-refractivity contribution in [3.8, 4) is 0 Å². The van der Waals surface area contributed by atoms with E-state index < -0.39 is 0 Å². The lowest BCUT2D eigenvalue weighted by Crippen LogP contribution is -2.23. The summed E-state index contributed by atoms with van der Waals surface area (Å²) in [5.74, 6) is 0.671. The summed E-state index contributed by atoms with van der Waals surface area (Å²) in [7, 11) is 3.53. The molecule has 0 saturated heterocycles. The van der Waals surface area contributed by atoms with Crippen LogP contribution in [0.5, 0.6) is 0 Å². The Morgan fingerprint density at radius 2 is 1.78 bits per heavy atom. The second kappa shape index (κ2) is 6.43. The van der Waals surface area contributed by atoms with Crippen molar-refractivity contribution >= 4 is 11.6 Å².